The molecule has 0 aromatic heterocycles. The molecule has 2 nitrogen and oxygen atoms in total. The monoisotopic (exact) mass is 340 g/mol. The molecule has 0 aliphatic heterocycles. The molecule has 0 N–H and O–H groups in total. The van der Waals surface area contributed by atoms with Crippen LogP contribution in [0.3, 0.4) is 0 Å². The third kappa shape index (κ3) is 3.42. The van der Waals surface area contributed by atoms with Gasteiger partial charge in [-0.1, -0.05) is 0 Å². The zero-order valence-corrected chi connectivity index (χ0v) is 12.2. The van der Waals surface area contributed by atoms with Crippen LogP contribution in [0.25, 0.3) is 0 Å². The lowest BCUT2D eigenvalue weighted by Gasteiger charge is -2.14. The summed E-state index contributed by atoms with van der Waals surface area (Å²) in [5, 5.41) is 0. The molecule has 0 fully saturated rings. The summed E-state index contributed by atoms with van der Waals surface area (Å²) in [6.45, 7) is 1.59. The fourth-order valence-corrected chi connectivity index (χ4v) is 2.01. The summed E-state index contributed by atoms with van der Waals surface area (Å²) in [6, 6.07) is 9.37. The largest absolute Gasteiger partial charge is 0.483 e. The second-order valence-corrected chi connectivity index (χ2v) is 5.06. The molecule has 0 spiro atoms. The number of halogens is 3. The van der Waals surface area contributed by atoms with Gasteiger partial charge in [-0.15, -0.1) is 0 Å². The van der Waals surface area contributed by atoms with Gasteiger partial charge in [-0.2, -0.15) is 0 Å². The summed E-state index contributed by atoms with van der Waals surface area (Å²) in [6.07, 6.45) is -0.752. The van der Waals surface area contributed by atoms with Crippen LogP contribution in [-0.4, -0.2) is 11.9 Å². The van der Waals surface area contributed by atoms with Gasteiger partial charge in [0.05, 0.1) is 4.47 Å². The Morgan fingerprint density at radius 3 is 2.40 bits per heavy atom. The number of hydrogen-bond donors (Lipinski definition) is 0. The van der Waals surface area contributed by atoms with Crippen LogP contribution >= 0.6 is 15.9 Å². The van der Waals surface area contributed by atoms with Crippen molar-refractivity contribution < 1.29 is 18.3 Å². The number of carbonyl (C=O) groups is 1. The number of rotatable bonds is 4. The van der Waals surface area contributed by atoms with Crippen molar-refractivity contribution in [3.05, 3.63) is 64.1 Å². The summed E-state index contributed by atoms with van der Waals surface area (Å²) in [7, 11) is 0. The average Bonchev–Trinajstić information content (AvgIpc) is 2.43. The zero-order chi connectivity index (χ0) is 14.7. The molecule has 0 aliphatic carbocycles. The molecule has 0 radical (unpaired) electrons. The Balaban J connectivity index is 2.11. The van der Waals surface area contributed by atoms with E-state index in [9.17, 15) is 13.6 Å². The van der Waals surface area contributed by atoms with E-state index in [-0.39, 0.29) is 10.3 Å². The standard InChI is InChI=1S/C15H11BrF2O2/c1-9(15(19)10-2-4-11(17)5-3-10)20-12-6-7-14(18)13(16)8-12/h2-9H,1H3. The number of hydrogen-bond acceptors (Lipinski definition) is 2. The van der Waals surface area contributed by atoms with Crippen molar-refractivity contribution in [3.63, 3.8) is 0 Å². The van der Waals surface area contributed by atoms with Crippen LogP contribution in [0, 0.1) is 11.6 Å². The predicted octanol–water partition coefficient (Wildman–Crippen LogP) is 4.38. The van der Waals surface area contributed by atoms with Gasteiger partial charge >= 0.3 is 0 Å². The van der Waals surface area contributed by atoms with Crippen molar-refractivity contribution in [1.29, 1.82) is 0 Å². The third-order valence-corrected chi connectivity index (χ3v) is 3.31. The van der Waals surface area contributed by atoms with Gasteiger partial charge in [-0.25, -0.2) is 8.78 Å². The van der Waals surface area contributed by atoms with E-state index in [0.717, 1.165) is 0 Å². The minimum absolute atomic E-state index is 0.261. The summed E-state index contributed by atoms with van der Waals surface area (Å²) >= 11 is 3.04. The van der Waals surface area contributed by atoms with Crippen molar-refractivity contribution >= 4 is 21.7 Å². The van der Waals surface area contributed by atoms with Crippen LogP contribution < -0.4 is 4.74 Å². The average molecular weight is 341 g/mol. The quantitative estimate of drug-likeness (QED) is 0.772. The van der Waals surface area contributed by atoms with E-state index in [2.05, 4.69) is 15.9 Å². The molecule has 5 heteroatoms. The van der Waals surface area contributed by atoms with E-state index in [1.807, 2.05) is 0 Å². The number of carbonyl (C=O) groups excluding carboxylic acids is 1. The van der Waals surface area contributed by atoms with Crippen molar-refractivity contribution in [2.75, 3.05) is 0 Å². The highest BCUT2D eigenvalue weighted by Gasteiger charge is 2.17. The normalized spacial score (nSPS) is 12.0. The van der Waals surface area contributed by atoms with Crippen LogP contribution in [0.4, 0.5) is 8.78 Å². The first-order valence-corrected chi connectivity index (χ1v) is 6.68. The van der Waals surface area contributed by atoms with Crippen molar-refractivity contribution in [2.45, 2.75) is 13.0 Å². The van der Waals surface area contributed by atoms with Gasteiger partial charge in [0.1, 0.15) is 17.4 Å². The molecule has 0 bridgehead atoms. The van der Waals surface area contributed by atoms with E-state index in [4.69, 9.17) is 4.74 Å². The maximum atomic E-state index is 13.1. The Bertz CT molecular complexity index is 626. The molecule has 104 valence electrons. The van der Waals surface area contributed by atoms with E-state index < -0.39 is 17.7 Å². The Labute approximate surface area is 123 Å². The first-order valence-electron chi connectivity index (χ1n) is 5.89. The van der Waals surface area contributed by atoms with Gasteiger partial charge in [0, 0.05) is 5.56 Å². The Morgan fingerprint density at radius 1 is 1.15 bits per heavy atom. The maximum absolute atomic E-state index is 13.1. The maximum Gasteiger partial charge on any atom is 0.202 e. The van der Waals surface area contributed by atoms with E-state index in [0.29, 0.717) is 11.3 Å². The van der Waals surface area contributed by atoms with Crippen LogP contribution in [-0.2, 0) is 0 Å². The lowest BCUT2D eigenvalue weighted by molar-refractivity contribution is 0.0818. The molecule has 1 atom stereocenters. The van der Waals surface area contributed by atoms with Gasteiger partial charge in [0.2, 0.25) is 5.78 Å². The molecule has 0 saturated heterocycles. The molecular weight excluding hydrogens is 330 g/mol. The molecule has 2 rings (SSSR count). The number of benzene rings is 2. The fraction of sp³-hybridized carbons (Fsp3) is 0.133. The second kappa shape index (κ2) is 6.13. The first kappa shape index (κ1) is 14.7. The van der Waals surface area contributed by atoms with E-state index in [1.54, 1.807) is 6.92 Å². The van der Waals surface area contributed by atoms with Gasteiger partial charge in [-0.05, 0) is 65.3 Å². The van der Waals surface area contributed by atoms with Gasteiger partial charge in [-0.3, -0.25) is 4.79 Å². The highest BCUT2D eigenvalue weighted by molar-refractivity contribution is 9.10. The van der Waals surface area contributed by atoms with Crippen LogP contribution in [0.1, 0.15) is 17.3 Å². The number of ether oxygens (including phenoxy) is 1. The minimum Gasteiger partial charge on any atom is -0.483 e. The lowest BCUT2D eigenvalue weighted by atomic mass is 10.1. The Kier molecular flexibility index (Phi) is 4.49. The molecule has 0 heterocycles. The summed E-state index contributed by atoms with van der Waals surface area (Å²) in [5.74, 6) is -0.709. The molecule has 20 heavy (non-hydrogen) atoms. The van der Waals surface area contributed by atoms with Crippen LogP contribution in [0.15, 0.2) is 46.9 Å². The zero-order valence-electron chi connectivity index (χ0n) is 10.6. The highest BCUT2D eigenvalue weighted by Crippen LogP contribution is 2.23. The molecule has 0 aliphatic rings. The fourth-order valence-electron chi connectivity index (χ4n) is 1.66. The summed E-state index contributed by atoms with van der Waals surface area (Å²) in [4.78, 5) is 12.1. The summed E-state index contributed by atoms with van der Waals surface area (Å²) in [5.41, 5.74) is 0.361. The molecule has 2 aromatic carbocycles. The number of ketones is 1. The third-order valence-electron chi connectivity index (χ3n) is 2.70. The predicted molar refractivity (Wildman–Crippen MR) is 74.9 cm³/mol. The molecule has 0 amide bonds. The van der Waals surface area contributed by atoms with Crippen molar-refractivity contribution in [3.8, 4) is 5.75 Å². The van der Waals surface area contributed by atoms with E-state index in [1.165, 1.54) is 42.5 Å². The topological polar surface area (TPSA) is 26.3 Å². The SMILES string of the molecule is CC(Oc1ccc(F)c(Br)c1)C(=O)c1ccc(F)cc1. The van der Waals surface area contributed by atoms with Crippen molar-refractivity contribution in [1.82, 2.24) is 0 Å². The van der Waals surface area contributed by atoms with Crippen molar-refractivity contribution in [2.24, 2.45) is 0 Å². The number of Topliss-reactive ketones (excluding diaryl/α,β-unsaturated/α-hetero) is 1. The van der Waals surface area contributed by atoms with Gasteiger partial charge in [0.15, 0.2) is 6.10 Å². The van der Waals surface area contributed by atoms with Crippen LogP contribution in [0.5, 0.6) is 5.75 Å². The van der Waals surface area contributed by atoms with Gasteiger partial charge < -0.3 is 4.74 Å². The molecular formula is C15H11BrF2O2. The molecule has 1 unspecified atom stereocenters. The highest BCUT2D eigenvalue weighted by atomic mass is 79.9. The molecule has 0 saturated carbocycles. The lowest BCUT2D eigenvalue weighted by Crippen LogP contribution is -2.23. The van der Waals surface area contributed by atoms with Gasteiger partial charge in [0.25, 0.3) is 0 Å². The Hall–Kier alpha value is -1.75. The molecule has 2 aromatic rings. The van der Waals surface area contributed by atoms with Crippen LogP contribution in [0.2, 0.25) is 0 Å². The summed E-state index contributed by atoms with van der Waals surface area (Å²) < 4.78 is 31.6. The van der Waals surface area contributed by atoms with E-state index >= 15 is 0 Å². The Morgan fingerprint density at radius 2 is 1.80 bits per heavy atom. The second-order valence-electron chi connectivity index (χ2n) is 4.21. The first-order chi connectivity index (χ1) is 9.47. The minimum atomic E-state index is -0.752. The smallest absolute Gasteiger partial charge is 0.202 e.